The Bertz CT molecular complexity index is 1430. The molecule has 0 aliphatic heterocycles. The van der Waals surface area contributed by atoms with E-state index in [-0.39, 0.29) is 26.6 Å². The minimum Gasteiger partial charge on any atom is -0.317 e. The Morgan fingerprint density at radius 2 is 1.87 bits per heavy atom. The van der Waals surface area contributed by atoms with Crippen LogP contribution in [0.2, 0.25) is 0 Å². The second-order valence-corrected chi connectivity index (χ2v) is 9.22. The van der Waals surface area contributed by atoms with Crippen LogP contribution in [0.25, 0.3) is 16.7 Å². The summed E-state index contributed by atoms with van der Waals surface area (Å²) in [4.78, 5) is 17.8. The molecule has 0 saturated carbocycles. The van der Waals surface area contributed by atoms with Crippen LogP contribution >= 0.6 is 0 Å². The van der Waals surface area contributed by atoms with Gasteiger partial charge in [-0.2, -0.15) is 0 Å². The van der Waals surface area contributed by atoms with Gasteiger partial charge in [0.1, 0.15) is 10.3 Å². The number of fused-ring (bicyclic) bond motifs is 2. The number of pyridine rings is 2. The molecule has 30 heavy (non-hydrogen) atoms. The van der Waals surface area contributed by atoms with Crippen molar-refractivity contribution in [1.82, 2.24) is 9.38 Å². The van der Waals surface area contributed by atoms with Gasteiger partial charge in [-0.25, -0.2) is 13.0 Å². The second-order valence-electron chi connectivity index (χ2n) is 7.30. The lowest BCUT2D eigenvalue weighted by Gasteiger charge is -2.12. The van der Waals surface area contributed by atoms with E-state index < -0.39 is 9.84 Å². The third-order valence-electron chi connectivity index (χ3n) is 5.18. The summed E-state index contributed by atoms with van der Waals surface area (Å²) in [5.74, 6) is 0.0868. The van der Waals surface area contributed by atoms with Crippen molar-refractivity contribution in [3.63, 3.8) is 0 Å². The quantitative estimate of drug-likeness (QED) is 0.393. The van der Waals surface area contributed by atoms with Crippen molar-refractivity contribution in [2.24, 2.45) is 0 Å². The summed E-state index contributed by atoms with van der Waals surface area (Å²) in [5, 5.41) is 0.217. The van der Waals surface area contributed by atoms with Gasteiger partial charge in [-0.15, -0.1) is 0 Å². The molecule has 0 fully saturated rings. The molecule has 3 heterocycles. The molecule has 154 valence electrons. The fourth-order valence-electron chi connectivity index (χ4n) is 3.48. The smallest absolute Gasteiger partial charge is 0.278 e. The Kier molecular flexibility index (Phi) is 5.03. The predicted molar refractivity (Wildman–Crippen MR) is 115 cm³/mol. The molecule has 8 heteroatoms. The van der Waals surface area contributed by atoms with Crippen molar-refractivity contribution >= 4 is 32.3 Å². The number of sulfone groups is 1. The molecule has 0 aliphatic carbocycles. The van der Waals surface area contributed by atoms with E-state index in [0.717, 1.165) is 18.4 Å². The monoisotopic (exact) mass is 423 g/mol. The first-order valence-electron chi connectivity index (χ1n) is 9.79. The van der Waals surface area contributed by atoms with Gasteiger partial charge in [-0.05, 0) is 43.7 Å². The second kappa shape index (κ2) is 7.53. The van der Waals surface area contributed by atoms with Crippen molar-refractivity contribution in [3.8, 4) is 0 Å². The third-order valence-corrected chi connectivity index (χ3v) is 6.98. The first-order chi connectivity index (χ1) is 14.3. The topological polar surface area (TPSA) is 98.4 Å². The van der Waals surface area contributed by atoms with Gasteiger partial charge in [0.15, 0.2) is 0 Å². The number of hydrogen-bond donors (Lipinski definition) is 1. The van der Waals surface area contributed by atoms with E-state index >= 15 is 0 Å². The molecular weight excluding hydrogens is 400 g/mol. The Labute approximate surface area is 174 Å². The van der Waals surface area contributed by atoms with Gasteiger partial charge in [-0.3, -0.25) is 9.20 Å². The standard InChI is InChI=1S/C22H22N4O3S/c1-3-4-12-26-20(23)18(30(28,29)16-10-8-15(2)9-11-16)14-17-21(26)24-19-7-5-6-13-25(19)22(17)27/h5-11,13-14,23H,3-4,12H2,1-2H3/p+1. The SMILES string of the molecule is CCCC[n+]1c(N)c(S(=O)(=O)c2ccc(C)cc2)cc2c(=O)n3ccccc3nc21. The summed E-state index contributed by atoms with van der Waals surface area (Å²) in [6.45, 7) is 4.38. The zero-order valence-corrected chi connectivity index (χ0v) is 17.7. The lowest BCUT2D eigenvalue weighted by Crippen LogP contribution is -2.41. The maximum atomic E-state index is 13.4. The molecule has 4 rings (SSSR count). The van der Waals surface area contributed by atoms with E-state index in [1.165, 1.54) is 10.5 Å². The molecule has 0 aliphatic rings. The van der Waals surface area contributed by atoms with Crippen LogP contribution in [0.1, 0.15) is 25.3 Å². The first kappa shape index (κ1) is 20.0. The van der Waals surface area contributed by atoms with Crippen LogP contribution in [0.15, 0.2) is 69.3 Å². The zero-order chi connectivity index (χ0) is 21.5. The van der Waals surface area contributed by atoms with E-state index in [2.05, 4.69) is 4.98 Å². The number of aromatic nitrogens is 3. The number of nitrogen functional groups attached to an aromatic ring is 1. The predicted octanol–water partition coefficient (Wildman–Crippen LogP) is 2.66. The highest BCUT2D eigenvalue weighted by Gasteiger charge is 2.29. The number of nitrogens with two attached hydrogens (primary N) is 1. The number of aryl methyl sites for hydroxylation is 2. The molecule has 0 spiro atoms. The summed E-state index contributed by atoms with van der Waals surface area (Å²) in [7, 11) is -3.92. The number of rotatable bonds is 5. The molecule has 0 atom stereocenters. The highest BCUT2D eigenvalue weighted by atomic mass is 32.2. The van der Waals surface area contributed by atoms with E-state index in [9.17, 15) is 13.2 Å². The van der Waals surface area contributed by atoms with Gasteiger partial charge in [0, 0.05) is 6.20 Å². The summed E-state index contributed by atoms with van der Waals surface area (Å²) in [6, 6.07) is 13.2. The molecule has 0 amide bonds. The van der Waals surface area contributed by atoms with Crippen molar-refractivity contribution in [2.45, 2.75) is 43.0 Å². The highest BCUT2D eigenvalue weighted by molar-refractivity contribution is 7.91. The molecule has 0 radical (unpaired) electrons. The minimum atomic E-state index is -3.92. The molecular formula is C22H23N4O3S+. The number of unbranched alkanes of at least 4 members (excludes halogenated alkanes) is 1. The lowest BCUT2D eigenvalue weighted by molar-refractivity contribution is -0.660. The van der Waals surface area contributed by atoms with Crippen LogP contribution in [-0.4, -0.2) is 17.8 Å². The third kappa shape index (κ3) is 3.23. The van der Waals surface area contributed by atoms with Crippen molar-refractivity contribution in [2.75, 3.05) is 5.73 Å². The lowest BCUT2D eigenvalue weighted by atomic mass is 10.2. The van der Waals surface area contributed by atoms with Crippen LogP contribution in [0, 0.1) is 6.92 Å². The first-order valence-corrected chi connectivity index (χ1v) is 11.3. The number of hydrogen-bond acceptors (Lipinski definition) is 5. The Morgan fingerprint density at radius 1 is 1.13 bits per heavy atom. The Balaban J connectivity index is 2.09. The van der Waals surface area contributed by atoms with Crippen LogP contribution in [-0.2, 0) is 16.4 Å². The summed E-state index contributed by atoms with van der Waals surface area (Å²) in [6.07, 6.45) is 3.27. The van der Waals surface area contributed by atoms with Crippen molar-refractivity contribution in [1.29, 1.82) is 0 Å². The molecule has 1 aromatic carbocycles. The average molecular weight is 424 g/mol. The van der Waals surface area contributed by atoms with Crippen LogP contribution in [0.5, 0.6) is 0 Å². The van der Waals surface area contributed by atoms with Crippen LogP contribution < -0.4 is 15.9 Å². The van der Waals surface area contributed by atoms with Gasteiger partial charge in [0.05, 0.1) is 11.4 Å². The summed E-state index contributed by atoms with van der Waals surface area (Å²) in [5.41, 5.74) is 7.86. The van der Waals surface area contributed by atoms with E-state index in [1.807, 2.05) is 13.8 Å². The molecule has 0 bridgehead atoms. The molecule has 0 saturated heterocycles. The van der Waals surface area contributed by atoms with Gasteiger partial charge in [0.25, 0.3) is 11.2 Å². The van der Waals surface area contributed by atoms with Gasteiger partial charge in [-0.1, -0.05) is 42.1 Å². The number of benzene rings is 1. The van der Waals surface area contributed by atoms with Crippen molar-refractivity contribution in [3.05, 3.63) is 70.6 Å². The molecule has 0 unspecified atom stereocenters. The molecule has 3 aromatic heterocycles. The maximum Gasteiger partial charge on any atom is 0.278 e. The Morgan fingerprint density at radius 3 is 2.57 bits per heavy atom. The fraction of sp³-hybridized carbons (Fsp3) is 0.227. The van der Waals surface area contributed by atoms with Gasteiger partial charge < -0.3 is 5.73 Å². The molecule has 4 aromatic rings. The summed E-state index contributed by atoms with van der Waals surface area (Å²) < 4.78 is 29.8. The Hall–Kier alpha value is -3.26. The minimum absolute atomic E-state index is 0.0789. The number of nitrogens with zero attached hydrogens (tertiary/aromatic N) is 3. The van der Waals surface area contributed by atoms with Gasteiger partial charge in [0.2, 0.25) is 21.3 Å². The normalized spacial score (nSPS) is 11.9. The molecule has 2 N–H and O–H groups in total. The van der Waals surface area contributed by atoms with E-state index in [4.69, 9.17) is 5.73 Å². The fourth-order valence-corrected chi connectivity index (χ4v) is 4.88. The highest BCUT2D eigenvalue weighted by Crippen LogP contribution is 2.26. The maximum absolute atomic E-state index is 13.4. The largest absolute Gasteiger partial charge is 0.317 e. The van der Waals surface area contributed by atoms with Gasteiger partial charge >= 0.3 is 0 Å². The van der Waals surface area contributed by atoms with E-state index in [1.54, 1.807) is 53.2 Å². The molecule has 7 nitrogen and oxygen atoms in total. The van der Waals surface area contributed by atoms with Crippen LogP contribution in [0.3, 0.4) is 0 Å². The number of anilines is 1. The average Bonchev–Trinajstić information content (AvgIpc) is 2.73. The van der Waals surface area contributed by atoms with E-state index in [0.29, 0.717) is 17.8 Å². The summed E-state index contributed by atoms with van der Waals surface area (Å²) >= 11 is 0. The van der Waals surface area contributed by atoms with Crippen molar-refractivity contribution < 1.29 is 13.0 Å². The zero-order valence-electron chi connectivity index (χ0n) is 16.9. The van der Waals surface area contributed by atoms with Crippen LogP contribution in [0.4, 0.5) is 5.82 Å².